The fraction of sp³-hybridized carbons (Fsp3) is 0.273. The van der Waals surface area contributed by atoms with Crippen molar-refractivity contribution in [2.75, 3.05) is 13.7 Å². The van der Waals surface area contributed by atoms with Gasteiger partial charge in [-0.15, -0.1) is 0 Å². The number of carboxylic acids is 1. The van der Waals surface area contributed by atoms with Crippen LogP contribution in [0.2, 0.25) is 0 Å². The maximum Gasteiger partial charge on any atom is 0.244 e. The molecule has 0 unspecified atom stereocenters. The molecular weight excluding hydrogens is 420 g/mol. The first kappa shape index (κ1) is 21.1. The molecule has 2 aromatic rings. The smallest absolute Gasteiger partial charge is 0.244 e. The molecule has 0 aliphatic carbocycles. The van der Waals surface area contributed by atoms with E-state index in [2.05, 4.69) is 0 Å². The number of aliphatic hydroxyl groups is 1. The van der Waals surface area contributed by atoms with Crippen LogP contribution in [0.4, 0.5) is 0 Å². The number of amides is 1. The van der Waals surface area contributed by atoms with Crippen LogP contribution in [0.3, 0.4) is 0 Å². The van der Waals surface area contributed by atoms with E-state index in [1.807, 2.05) is 41.2 Å². The van der Waals surface area contributed by atoms with Gasteiger partial charge in [-0.1, -0.05) is 36.0 Å². The Hall–Kier alpha value is -3.17. The number of aliphatic hydroxyl groups excluding tert-OH is 1. The second-order valence-corrected chi connectivity index (χ2v) is 8.45. The van der Waals surface area contributed by atoms with Gasteiger partial charge in [0.25, 0.3) is 0 Å². The number of carbonyl (C=O) groups excluding carboxylic acids is 3. The number of hydrogen-bond donors (Lipinski definition) is 1. The zero-order chi connectivity index (χ0) is 22.2. The first-order valence-electron chi connectivity index (χ1n) is 9.60. The molecule has 1 aromatic heterocycles. The number of ether oxygens (including phenoxy) is 1. The first-order chi connectivity index (χ1) is 14.9. The number of rotatable bonds is 8. The van der Waals surface area contributed by atoms with Gasteiger partial charge in [-0.25, -0.2) is 0 Å². The molecule has 9 heteroatoms. The highest BCUT2D eigenvalue weighted by atomic mass is 32.2. The van der Waals surface area contributed by atoms with Gasteiger partial charge < -0.3 is 24.5 Å². The van der Waals surface area contributed by atoms with Crippen LogP contribution in [-0.4, -0.2) is 47.3 Å². The third kappa shape index (κ3) is 3.39. The molecule has 3 heterocycles. The summed E-state index contributed by atoms with van der Waals surface area (Å²) in [6.07, 6.45) is 4.25. The molecule has 0 spiro atoms. The fourth-order valence-electron chi connectivity index (χ4n) is 3.92. The Morgan fingerprint density at radius 3 is 2.71 bits per heavy atom. The third-order valence-corrected chi connectivity index (χ3v) is 7.07. The first-order valence-corrected chi connectivity index (χ1v) is 10.5. The third-order valence-electron chi connectivity index (χ3n) is 5.55. The molecule has 1 saturated heterocycles. The summed E-state index contributed by atoms with van der Waals surface area (Å²) in [4.78, 5) is 37.6. The lowest BCUT2D eigenvalue weighted by molar-refractivity contribution is -0.688. The van der Waals surface area contributed by atoms with E-state index in [0.29, 0.717) is 23.3 Å². The second-order valence-electron chi connectivity index (χ2n) is 7.36. The standard InChI is InChI=1S/C22H20N2O6S/c1-30-16-3-2-9-23(12-16)11-14-4-6-15(7-5-14)18-17(19(27)28)24-20(29)22(13-26,8-10-25)21(24)31-18/h2-7,9,12-13,21,25H,8,10-11H2,1H3/t21-,22+/m1/s1. The number of carbonyl (C=O) groups is 3. The van der Waals surface area contributed by atoms with Crippen molar-refractivity contribution in [3.63, 3.8) is 0 Å². The van der Waals surface area contributed by atoms with E-state index in [4.69, 9.17) is 4.74 Å². The summed E-state index contributed by atoms with van der Waals surface area (Å²) in [7, 11) is 1.60. The topological polar surface area (TPSA) is 111 Å². The number of pyridine rings is 1. The molecular formula is C22H20N2O6S. The summed E-state index contributed by atoms with van der Waals surface area (Å²) in [6.45, 7) is 0.247. The van der Waals surface area contributed by atoms with Gasteiger partial charge in [0.05, 0.1) is 18.8 Å². The van der Waals surface area contributed by atoms with Gasteiger partial charge in [-0.05, 0) is 18.1 Å². The summed E-state index contributed by atoms with van der Waals surface area (Å²) >= 11 is 1.14. The van der Waals surface area contributed by atoms with Gasteiger partial charge in [0.15, 0.2) is 18.5 Å². The van der Waals surface area contributed by atoms with Crippen LogP contribution >= 0.6 is 11.8 Å². The minimum atomic E-state index is -1.47. The zero-order valence-electron chi connectivity index (χ0n) is 16.7. The van der Waals surface area contributed by atoms with E-state index in [0.717, 1.165) is 28.0 Å². The molecule has 8 nitrogen and oxygen atoms in total. The number of thioether (sulfide) groups is 1. The van der Waals surface area contributed by atoms with Crippen molar-refractivity contribution in [3.05, 3.63) is 65.6 Å². The number of aromatic nitrogens is 1. The van der Waals surface area contributed by atoms with Gasteiger partial charge in [0, 0.05) is 23.1 Å². The molecule has 2 atom stereocenters. The highest BCUT2D eigenvalue weighted by molar-refractivity contribution is 8.09. The van der Waals surface area contributed by atoms with E-state index in [9.17, 15) is 24.6 Å². The maximum absolute atomic E-state index is 12.6. The average Bonchev–Trinajstić information content (AvgIpc) is 3.16. The molecule has 2 aliphatic rings. The van der Waals surface area contributed by atoms with Gasteiger partial charge in [-0.3, -0.25) is 9.69 Å². The van der Waals surface area contributed by atoms with E-state index in [-0.39, 0.29) is 18.7 Å². The van der Waals surface area contributed by atoms with Crippen molar-refractivity contribution in [2.45, 2.75) is 18.3 Å². The van der Waals surface area contributed by atoms with E-state index in [1.54, 1.807) is 19.2 Å². The normalized spacial score (nSPS) is 22.2. The number of hydrogen-bond acceptors (Lipinski definition) is 7. The Bertz CT molecular complexity index is 1080. The van der Waals surface area contributed by atoms with Crippen LogP contribution in [0.25, 0.3) is 4.91 Å². The molecule has 160 valence electrons. The van der Waals surface area contributed by atoms with Crippen LogP contribution < -0.4 is 14.4 Å². The Kier molecular flexibility index (Phi) is 5.55. The van der Waals surface area contributed by atoms with Crippen molar-refractivity contribution in [2.24, 2.45) is 5.41 Å². The maximum atomic E-state index is 12.6. The molecule has 0 saturated carbocycles. The highest BCUT2D eigenvalue weighted by Crippen LogP contribution is 2.58. The minimum absolute atomic E-state index is 0.0478. The lowest BCUT2D eigenvalue weighted by Crippen LogP contribution is -2.67. The Balaban J connectivity index is 1.61. The molecule has 4 rings (SSSR count). The molecule has 31 heavy (non-hydrogen) atoms. The Morgan fingerprint density at radius 1 is 1.35 bits per heavy atom. The Labute approximate surface area is 182 Å². The molecule has 1 fully saturated rings. The summed E-state index contributed by atoms with van der Waals surface area (Å²) in [5.41, 5.74) is -0.0347. The minimum Gasteiger partial charge on any atom is -0.543 e. The van der Waals surface area contributed by atoms with Gasteiger partial charge in [-0.2, -0.15) is 4.57 Å². The lowest BCUT2D eigenvalue weighted by Gasteiger charge is -2.49. The lowest BCUT2D eigenvalue weighted by atomic mass is 9.76. The molecule has 1 amide bonds. The number of β-lactam (4-membered cyclic amide) rings is 1. The molecule has 1 aromatic carbocycles. The monoisotopic (exact) mass is 440 g/mol. The van der Waals surface area contributed by atoms with Gasteiger partial charge in [0.2, 0.25) is 12.1 Å². The van der Waals surface area contributed by atoms with E-state index < -0.39 is 22.7 Å². The largest absolute Gasteiger partial charge is 0.543 e. The van der Waals surface area contributed by atoms with Crippen molar-refractivity contribution in [3.8, 4) is 5.75 Å². The number of methoxy groups -OCH3 is 1. The average molecular weight is 440 g/mol. The number of aldehydes is 1. The summed E-state index contributed by atoms with van der Waals surface area (Å²) in [6, 6.07) is 11.1. The van der Waals surface area contributed by atoms with Crippen LogP contribution in [0.1, 0.15) is 17.5 Å². The van der Waals surface area contributed by atoms with Crippen molar-refractivity contribution in [1.82, 2.24) is 4.90 Å². The van der Waals surface area contributed by atoms with Crippen molar-refractivity contribution >= 4 is 34.8 Å². The van der Waals surface area contributed by atoms with Crippen molar-refractivity contribution in [1.29, 1.82) is 0 Å². The van der Waals surface area contributed by atoms with Crippen LogP contribution in [0, 0.1) is 5.41 Å². The fourth-order valence-corrected chi connectivity index (χ4v) is 5.50. The number of fused-ring (bicyclic) bond motifs is 1. The number of benzene rings is 1. The predicted molar refractivity (Wildman–Crippen MR) is 109 cm³/mol. The molecule has 2 aliphatic heterocycles. The van der Waals surface area contributed by atoms with Crippen LogP contribution in [-0.2, 0) is 20.9 Å². The van der Waals surface area contributed by atoms with E-state index in [1.165, 1.54) is 0 Å². The highest BCUT2D eigenvalue weighted by Gasteiger charge is 2.65. The summed E-state index contributed by atoms with van der Waals surface area (Å²) in [5.74, 6) is -1.35. The quantitative estimate of drug-likeness (QED) is 0.265. The van der Waals surface area contributed by atoms with E-state index >= 15 is 0 Å². The zero-order valence-corrected chi connectivity index (χ0v) is 17.5. The van der Waals surface area contributed by atoms with Gasteiger partial charge in [0.1, 0.15) is 17.1 Å². The Morgan fingerprint density at radius 2 is 2.10 bits per heavy atom. The number of aliphatic carboxylic acids is 1. The molecule has 0 bridgehead atoms. The summed E-state index contributed by atoms with van der Waals surface area (Å²) in [5, 5.41) is 20.4. The van der Waals surface area contributed by atoms with Gasteiger partial charge >= 0.3 is 0 Å². The van der Waals surface area contributed by atoms with Crippen LogP contribution in [0.5, 0.6) is 5.75 Å². The second kappa shape index (κ2) is 8.16. The molecule has 1 N–H and O–H groups in total. The summed E-state index contributed by atoms with van der Waals surface area (Å²) < 4.78 is 7.19. The number of nitrogens with zero attached hydrogens (tertiary/aromatic N) is 2. The van der Waals surface area contributed by atoms with Crippen molar-refractivity contribution < 1.29 is 33.9 Å². The van der Waals surface area contributed by atoms with Crippen LogP contribution in [0.15, 0.2) is 54.5 Å². The SMILES string of the molecule is COc1ccc[n+](Cc2ccc(C3=C(C(=O)[O-])N4C(=O)[C@@](C=O)(CCO)[C@H]4S3)cc2)c1. The molecule has 0 radical (unpaired) electrons. The number of carboxylic acid groups (broad SMARTS) is 1. The predicted octanol–water partition coefficient (Wildman–Crippen LogP) is -0.0677.